The molecule has 0 aliphatic heterocycles. The van der Waals surface area contributed by atoms with Crippen molar-refractivity contribution in [2.24, 2.45) is 30.7 Å². The van der Waals surface area contributed by atoms with Gasteiger partial charge < -0.3 is 11.1 Å². The Labute approximate surface area is 106 Å². The molecule has 4 atom stereocenters. The fourth-order valence-electron chi connectivity index (χ4n) is 4.42. The molecule has 4 unspecified atom stereocenters. The highest BCUT2D eigenvalue weighted by Crippen LogP contribution is 2.65. The van der Waals surface area contributed by atoms with Crippen molar-refractivity contribution in [1.82, 2.24) is 15.1 Å². The number of aryl methyl sites for hydroxylation is 1. The minimum absolute atomic E-state index is 0.105. The van der Waals surface area contributed by atoms with Crippen molar-refractivity contribution in [3.63, 3.8) is 0 Å². The predicted molar refractivity (Wildman–Crippen MR) is 66.7 cm³/mol. The van der Waals surface area contributed by atoms with E-state index in [0.717, 1.165) is 23.7 Å². The summed E-state index contributed by atoms with van der Waals surface area (Å²) < 4.78 is 1.58. The zero-order valence-electron chi connectivity index (χ0n) is 10.5. The number of anilines is 1. The zero-order valence-corrected chi connectivity index (χ0v) is 10.5. The Morgan fingerprint density at radius 3 is 2.67 bits per heavy atom. The van der Waals surface area contributed by atoms with Gasteiger partial charge in [0.1, 0.15) is 0 Å². The fraction of sp³-hybridized carbons (Fsp3) is 0.692. The summed E-state index contributed by atoms with van der Waals surface area (Å²) in [5.74, 6) is 3.12. The highest BCUT2D eigenvalue weighted by Gasteiger charge is 2.65. The van der Waals surface area contributed by atoms with Crippen LogP contribution < -0.4 is 11.1 Å². The number of nitrogen functional groups attached to an aromatic ring is 1. The third-order valence-electron chi connectivity index (χ3n) is 5.11. The maximum absolute atomic E-state index is 12.1. The molecule has 3 saturated carbocycles. The van der Waals surface area contributed by atoms with Gasteiger partial charge in [0.25, 0.3) is 5.91 Å². The fourth-order valence-corrected chi connectivity index (χ4v) is 4.42. The SMILES string of the molecule is Cn1cc(N)c(C(=O)NC2C3C4CCC(C4)C23)n1. The first kappa shape index (κ1) is 10.4. The smallest absolute Gasteiger partial charge is 0.274 e. The molecule has 1 aromatic heterocycles. The van der Waals surface area contributed by atoms with Crippen molar-refractivity contribution < 1.29 is 4.79 Å². The maximum Gasteiger partial charge on any atom is 0.274 e. The van der Waals surface area contributed by atoms with Gasteiger partial charge >= 0.3 is 0 Å². The molecule has 3 N–H and O–H groups in total. The van der Waals surface area contributed by atoms with Crippen LogP contribution >= 0.6 is 0 Å². The number of hydrogen-bond donors (Lipinski definition) is 2. The Bertz CT molecular complexity index is 507. The van der Waals surface area contributed by atoms with Crippen molar-refractivity contribution in [3.05, 3.63) is 11.9 Å². The summed E-state index contributed by atoms with van der Waals surface area (Å²) in [5.41, 5.74) is 6.61. The first-order valence-electron chi connectivity index (χ1n) is 6.75. The van der Waals surface area contributed by atoms with Gasteiger partial charge in [0.15, 0.2) is 5.69 Å². The molecule has 0 spiro atoms. The quantitative estimate of drug-likeness (QED) is 0.809. The van der Waals surface area contributed by atoms with Crippen LogP contribution in [0, 0.1) is 23.7 Å². The lowest BCUT2D eigenvalue weighted by molar-refractivity contribution is 0.0939. The Morgan fingerprint density at radius 2 is 2.11 bits per heavy atom. The van der Waals surface area contributed by atoms with Crippen LogP contribution in [-0.4, -0.2) is 21.7 Å². The molecule has 4 rings (SSSR count). The first-order chi connectivity index (χ1) is 8.65. The van der Waals surface area contributed by atoms with Crippen molar-refractivity contribution in [2.45, 2.75) is 25.3 Å². The normalized spacial score (nSPS) is 39.7. The number of carbonyl (C=O) groups excluding carboxylic acids is 1. The van der Waals surface area contributed by atoms with E-state index >= 15 is 0 Å². The number of hydrogen-bond acceptors (Lipinski definition) is 3. The summed E-state index contributed by atoms with van der Waals surface area (Å²) in [5, 5.41) is 7.25. The molecular weight excluding hydrogens is 228 g/mol. The van der Waals surface area contributed by atoms with Gasteiger partial charge in [-0.25, -0.2) is 0 Å². The molecule has 3 aliphatic rings. The van der Waals surface area contributed by atoms with Crippen LogP contribution in [0.2, 0.25) is 0 Å². The molecule has 3 fully saturated rings. The number of amides is 1. The third kappa shape index (κ3) is 1.27. The summed E-state index contributed by atoms with van der Waals surface area (Å²) in [6.07, 6.45) is 5.80. The molecule has 5 nitrogen and oxygen atoms in total. The van der Waals surface area contributed by atoms with E-state index in [1.54, 1.807) is 17.9 Å². The highest BCUT2D eigenvalue weighted by atomic mass is 16.2. The van der Waals surface area contributed by atoms with E-state index in [9.17, 15) is 4.79 Å². The Kier molecular flexibility index (Phi) is 1.89. The van der Waals surface area contributed by atoms with Gasteiger partial charge in [-0.1, -0.05) is 0 Å². The van der Waals surface area contributed by atoms with E-state index in [4.69, 9.17) is 5.73 Å². The summed E-state index contributed by atoms with van der Waals surface area (Å²) in [4.78, 5) is 12.1. The van der Waals surface area contributed by atoms with E-state index in [0.29, 0.717) is 17.4 Å². The highest BCUT2D eigenvalue weighted by molar-refractivity contribution is 5.97. The van der Waals surface area contributed by atoms with Crippen LogP contribution in [0.4, 0.5) is 5.69 Å². The van der Waals surface area contributed by atoms with Crippen LogP contribution in [0.1, 0.15) is 29.8 Å². The number of rotatable bonds is 2. The predicted octanol–water partition coefficient (Wildman–Crippen LogP) is 0.777. The number of fused-ring (bicyclic) bond motifs is 5. The van der Waals surface area contributed by atoms with E-state index in [1.165, 1.54) is 19.3 Å². The third-order valence-corrected chi connectivity index (χ3v) is 5.11. The molecule has 18 heavy (non-hydrogen) atoms. The summed E-state index contributed by atoms with van der Waals surface area (Å²) >= 11 is 0. The van der Waals surface area contributed by atoms with E-state index in [-0.39, 0.29) is 5.91 Å². The average Bonchev–Trinajstić information content (AvgIpc) is 2.70. The van der Waals surface area contributed by atoms with E-state index < -0.39 is 0 Å². The second-order valence-electron chi connectivity index (χ2n) is 6.09. The van der Waals surface area contributed by atoms with Crippen LogP contribution in [0.25, 0.3) is 0 Å². The van der Waals surface area contributed by atoms with Crippen LogP contribution in [0.3, 0.4) is 0 Å². The van der Waals surface area contributed by atoms with Gasteiger partial charge in [0.2, 0.25) is 0 Å². The average molecular weight is 246 g/mol. The molecule has 5 heteroatoms. The van der Waals surface area contributed by atoms with Gasteiger partial charge in [0.05, 0.1) is 5.69 Å². The Balaban J connectivity index is 1.48. The van der Waals surface area contributed by atoms with Gasteiger partial charge in [-0.3, -0.25) is 9.48 Å². The second kappa shape index (κ2) is 3.28. The first-order valence-corrected chi connectivity index (χ1v) is 6.75. The molecule has 1 aromatic rings. The van der Waals surface area contributed by atoms with Gasteiger partial charge in [0, 0.05) is 19.3 Å². The van der Waals surface area contributed by atoms with Crippen molar-refractivity contribution in [1.29, 1.82) is 0 Å². The number of carbonyl (C=O) groups is 1. The van der Waals surface area contributed by atoms with E-state index in [2.05, 4.69) is 10.4 Å². The molecule has 0 saturated heterocycles. The second-order valence-corrected chi connectivity index (χ2v) is 6.09. The molecule has 1 amide bonds. The number of aromatic nitrogens is 2. The lowest BCUT2D eigenvalue weighted by Gasteiger charge is -2.09. The zero-order chi connectivity index (χ0) is 12.4. The lowest BCUT2D eigenvalue weighted by Crippen LogP contribution is -2.30. The van der Waals surface area contributed by atoms with Crippen LogP contribution in [0.15, 0.2) is 6.20 Å². The lowest BCUT2D eigenvalue weighted by atomic mass is 10.0. The van der Waals surface area contributed by atoms with Gasteiger partial charge in [-0.15, -0.1) is 0 Å². The standard InChI is InChI=1S/C13H18N4O/c1-17-5-8(14)11(16-17)13(18)15-12-9-6-2-3-7(4-6)10(9)12/h5-7,9-10,12H,2-4,14H2,1H3,(H,15,18). The van der Waals surface area contributed by atoms with Crippen molar-refractivity contribution >= 4 is 11.6 Å². The molecule has 1 heterocycles. The number of nitrogens with two attached hydrogens (primary N) is 1. The molecular formula is C13H18N4O. The minimum Gasteiger partial charge on any atom is -0.396 e. The van der Waals surface area contributed by atoms with Gasteiger partial charge in [-0.2, -0.15) is 5.10 Å². The summed E-state index contributed by atoms with van der Waals surface area (Å²) in [6, 6.07) is 0.394. The van der Waals surface area contributed by atoms with E-state index in [1.807, 2.05) is 0 Å². The Morgan fingerprint density at radius 1 is 1.44 bits per heavy atom. The van der Waals surface area contributed by atoms with Crippen molar-refractivity contribution in [2.75, 3.05) is 5.73 Å². The molecule has 0 radical (unpaired) electrons. The summed E-state index contributed by atoms with van der Waals surface area (Å²) in [7, 11) is 1.78. The summed E-state index contributed by atoms with van der Waals surface area (Å²) in [6.45, 7) is 0. The van der Waals surface area contributed by atoms with Crippen LogP contribution in [0.5, 0.6) is 0 Å². The molecule has 0 aromatic carbocycles. The molecule has 96 valence electrons. The largest absolute Gasteiger partial charge is 0.396 e. The van der Waals surface area contributed by atoms with Crippen molar-refractivity contribution in [3.8, 4) is 0 Å². The van der Waals surface area contributed by atoms with Crippen LogP contribution in [-0.2, 0) is 7.05 Å². The topological polar surface area (TPSA) is 72.9 Å². The Hall–Kier alpha value is -1.52. The minimum atomic E-state index is -0.105. The van der Waals surface area contributed by atoms with Gasteiger partial charge in [-0.05, 0) is 42.9 Å². The molecule has 2 bridgehead atoms. The maximum atomic E-state index is 12.1. The molecule has 3 aliphatic carbocycles. The monoisotopic (exact) mass is 246 g/mol. The number of nitrogens with one attached hydrogen (secondary N) is 1. The number of nitrogens with zero attached hydrogens (tertiary/aromatic N) is 2.